The molecular formula is C13H22BrN3O. The zero-order valence-electron chi connectivity index (χ0n) is 11.4. The van der Waals surface area contributed by atoms with Crippen molar-refractivity contribution in [1.82, 2.24) is 4.90 Å². The smallest absolute Gasteiger partial charge is 0.182 e. The maximum Gasteiger partial charge on any atom is 0.182 e. The third kappa shape index (κ3) is 5.67. The van der Waals surface area contributed by atoms with E-state index in [9.17, 15) is 0 Å². The first-order valence-corrected chi connectivity index (χ1v) is 6.91. The zero-order chi connectivity index (χ0) is 13.8. The Balaban J connectivity index is 2.18. The van der Waals surface area contributed by atoms with E-state index in [4.69, 9.17) is 10.1 Å². The van der Waals surface area contributed by atoms with Gasteiger partial charge in [0.2, 0.25) is 0 Å². The van der Waals surface area contributed by atoms with E-state index in [1.54, 1.807) is 6.21 Å². The summed E-state index contributed by atoms with van der Waals surface area (Å²) < 4.78 is 6.17. The number of nitrogens with one attached hydrogen (secondary N) is 1. The van der Waals surface area contributed by atoms with Gasteiger partial charge in [0, 0.05) is 38.2 Å². The second kappa shape index (κ2) is 6.36. The summed E-state index contributed by atoms with van der Waals surface area (Å²) in [6, 6.07) is 0. The first kappa shape index (κ1) is 15.2. The van der Waals surface area contributed by atoms with E-state index in [-0.39, 0.29) is 5.60 Å². The molecule has 0 saturated carbocycles. The van der Waals surface area contributed by atoms with Crippen molar-refractivity contribution in [1.29, 1.82) is 5.41 Å². The monoisotopic (exact) mass is 315 g/mol. The molecule has 0 amide bonds. The van der Waals surface area contributed by atoms with Crippen LogP contribution in [-0.2, 0) is 4.74 Å². The molecule has 1 rings (SSSR count). The van der Waals surface area contributed by atoms with Gasteiger partial charge in [0.25, 0.3) is 0 Å². The lowest BCUT2D eigenvalue weighted by atomic mass is 10.0. The van der Waals surface area contributed by atoms with Gasteiger partial charge in [-0.2, -0.15) is 0 Å². The Bertz CT molecular complexity index is 341. The van der Waals surface area contributed by atoms with Gasteiger partial charge >= 0.3 is 0 Å². The maximum absolute atomic E-state index is 7.20. The molecule has 1 saturated heterocycles. The molecular weight excluding hydrogens is 294 g/mol. The molecule has 1 aliphatic heterocycles. The summed E-state index contributed by atoms with van der Waals surface area (Å²) in [5.41, 5.74) is -0.184. The molecule has 0 aromatic heterocycles. The van der Waals surface area contributed by atoms with Crippen molar-refractivity contribution in [2.24, 2.45) is 10.9 Å². The normalized spacial score (nSPS) is 16.8. The molecule has 5 heteroatoms. The number of ether oxygens (including phenoxy) is 1. The van der Waals surface area contributed by atoms with Crippen LogP contribution in [0.1, 0.15) is 27.2 Å². The number of likely N-dealkylation sites (tertiary alicyclic amines) is 1. The van der Waals surface area contributed by atoms with Crippen LogP contribution in [0.4, 0.5) is 0 Å². The third-order valence-electron chi connectivity index (χ3n) is 2.50. The highest BCUT2D eigenvalue weighted by Gasteiger charge is 2.29. The summed E-state index contributed by atoms with van der Waals surface area (Å²) in [5.74, 6) is 1.33. The van der Waals surface area contributed by atoms with Crippen LogP contribution in [0.5, 0.6) is 0 Å². The van der Waals surface area contributed by atoms with E-state index < -0.39 is 0 Å². The van der Waals surface area contributed by atoms with Crippen molar-refractivity contribution in [2.75, 3.05) is 19.6 Å². The predicted octanol–water partition coefficient (Wildman–Crippen LogP) is 3.04. The third-order valence-corrected chi connectivity index (χ3v) is 2.82. The van der Waals surface area contributed by atoms with Crippen LogP contribution in [0.2, 0.25) is 0 Å². The molecule has 1 heterocycles. The highest BCUT2D eigenvalue weighted by atomic mass is 79.9. The fourth-order valence-electron chi connectivity index (χ4n) is 1.68. The molecule has 0 aromatic rings. The van der Waals surface area contributed by atoms with Crippen LogP contribution < -0.4 is 0 Å². The Hall–Kier alpha value is -0.840. The second-order valence-electron chi connectivity index (χ2n) is 5.54. The zero-order valence-corrected chi connectivity index (χ0v) is 13.0. The highest BCUT2D eigenvalue weighted by molar-refractivity contribution is 9.18. The Morgan fingerprint density at radius 1 is 1.56 bits per heavy atom. The summed E-state index contributed by atoms with van der Waals surface area (Å²) in [6.07, 6.45) is 2.37. The van der Waals surface area contributed by atoms with Gasteiger partial charge in [-0.05, 0) is 43.3 Å². The lowest BCUT2D eigenvalue weighted by Gasteiger charge is -2.42. The topological polar surface area (TPSA) is 48.7 Å². The second-order valence-corrected chi connectivity index (χ2v) is 6.49. The average molecular weight is 316 g/mol. The van der Waals surface area contributed by atoms with E-state index in [2.05, 4.69) is 32.4 Å². The fraction of sp³-hybridized carbons (Fsp3) is 0.692. The largest absolute Gasteiger partial charge is 0.474 e. The van der Waals surface area contributed by atoms with Gasteiger partial charge in [0.15, 0.2) is 5.88 Å². The summed E-state index contributed by atoms with van der Waals surface area (Å²) in [4.78, 5) is 6.45. The van der Waals surface area contributed by atoms with E-state index in [0.29, 0.717) is 17.0 Å². The Morgan fingerprint density at radius 2 is 2.17 bits per heavy atom. The number of hydrogen-bond acceptors (Lipinski definition) is 4. The lowest BCUT2D eigenvalue weighted by Crippen LogP contribution is -2.48. The van der Waals surface area contributed by atoms with Crippen molar-refractivity contribution in [3.05, 3.63) is 12.5 Å². The highest BCUT2D eigenvalue weighted by Crippen LogP contribution is 2.24. The van der Waals surface area contributed by atoms with Crippen molar-refractivity contribution < 1.29 is 4.74 Å². The number of hydrogen-bond donors (Lipinski definition) is 1. The summed E-state index contributed by atoms with van der Waals surface area (Å²) in [7, 11) is 0. The molecule has 0 aromatic carbocycles. The van der Waals surface area contributed by atoms with Crippen LogP contribution >= 0.6 is 15.9 Å². The van der Waals surface area contributed by atoms with Crippen molar-refractivity contribution >= 4 is 26.8 Å². The molecule has 1 N–H and O–H groups in total. The minimum absolute atomic E-state index is 0.184. The standard InChI is InChI=1S/C13H22BrN3O/c1-10(18-13(2,3)4)17-8-11(9-17)7-16-6-5-12(14)15/h6,11,15H,1,5,7-9H2,2-4H3. The Labute approximate surface area is 118 Å². The summed E-state index contributed by atoms with van der Waals surface area (Å²) in [5, 5.41) is 7.20. The van der Waals surface area contributed by atoms with Crippen molar-refractivity contribution in [3.8, 4) is 0 Å². The van der Waals surface area contributed by atoms with Gasteiger partial charge in [-0.1, -0.05) is 0 Å². The van der Waals surface area contributed by atoms with E-state index in [0.717, 1.165) is 25.5 Å². The molecule has 4 nitrogen and oxygen atoms in total. The molecule has 102 valence electrons. The molecule has 0 atom stereocenters. The summed E-state index contributed by atoms with van der Waals surface area (Å²) in [6.45, 7) is 12.7. The van der Waals surface area contributed by atoms with Gasteiger partial charge in [0.1, 0.15) is 5.60 Å². The van der Waals surface area contributed by atoms with Gasteiger partial charge < -0.3 is 9.64 Å². The lowest BCUT2D eigenvalue weighted by molar-refractivity contribution is -0.0282. The van der Waals surface area contributed by atoms with Crippen LogP contribution in [0.15, 0.2) is 17.5 Å². The van der Waals surface area contributed by atoms with E-state index in [1.165, 1.54) is 0 Å². The molecule has 18 heavy (non-hydrogen) atoms. The van der Waals surface area contributed by atoms with Crippen LogP contribution in [0.25, 0.3) is 0 Å². The minimum atomic E-state index is -0.184. The Kier molecular flexibility index (Phi) is 5.38. The first-order chi connectivity index (χ1) is 8.28. The molecule has 0 spiro atoms. The molecule has 0 bridgehead atoms. The quantitative estimate of drug-likeness (QED) is 0.605. The van der Waals surface area contributed by atoms with Crippen LogP contribution in [0, 0.1) is 11.3 Å². The summed E-state index contributed by atoms with van der Waals surface area (Å²) >= 11 is 3.08. The maximum atomic E-state index is 7.20. The van der Waals surface area contributed by atoms with Gasteiger partial charge in [0.05, 0.1) is 4.62 Å². The van der Waals surface area contributed by atoms with Crippen LogP contribution in [-0.4, -0.2) is 41.0 Å². The average Bonchev–Trinajstić information content (AvgIpc) is 2.10. The fourth-order valence-corrected chi connectivity index (χ4v) is 1.82. The molecule has 0 aliphatic carbocycles. The SMILES string of the molecule is C=C(OC(C)(C)C)N1CC(CN=CCC(=N)Br)C1. The number of nitrogens with zero attached hydrogens (tertiary/aromatic N) is 2. The predicted molar refractivity (Wildman–Crippen MR) is 79.7 cm³/mol. The molecule has 0 radical (unpaired) electrons. The van der Waals surface area contributed by atoms with Gasteiger partial charge in [-0.3, -0.25) is 10.4 Å². The first-order valence-electron chi connectivity index (χ1n) is 6.12. The molecule has 0 unspecified atom stereocenters. The number of aliphatic imine (C=N–C) groups is 1. The number of rotatable bonds is 6. The number of halogens is 1. The van der Waals surface area contributed by atoms with Crippen molar-refractivity contribution in [3.63, 3.8) is 0 Å². The van der Waals surface area contributed by atoms with E-state index in [1.807, 2.05) is 20.8 Å². The molecule has 1 fully saturated rings. The van der Waals surface area contributed by atoms with Gasteiger partial charge in [-0.15, -0.1) is 0 Å². The molecule has 1 aliphatic rings. The van der Waals surface area contributed by atoms with E-state index >= 15 is 0 Å². The van der Waals surface area contributed by atoms with Crippen LogP contribution in [0.3, 0.4) is 0 Å². The minimum Gasteiger partial charge on any atom is -0.474 e. The Morgan fingerprint density at radius 3 is 2.67 bits per heavy atom. The van der Waals surface area contributed by atoms with Crippen molar-refractivity contribution in [2.45, 2.75) is 32.8 Å². The van der Waals surface area contributed by atoms with Gasteiger partial charge in [-0.25, -0.2) is 0 Å².